The second-order valence-electron chi connectivity index (χ2n) is 5.81. The Bertz CT molecular complexity index is 854. The molecule has 8 heteroatoms. The average molecular weight is 544 g/mol. The number of ether oxygens (including phenoxy) is 1. The van der Waals surface area contributed by atoms with Gasteiger partial charge in [0.2, 0.25) is 5.91 Å². The second kappa shape index (κ2) is 10.4. The molecule has 0 spiro atoms. The molecule has 142 valence electrons. The standard InChI is InChI=1S/C19H19BrIN3O3/c1-12-9-16(7-8-17(12)20)27-11-19(26)24-23-13(2)10-18(25)22-15-5-3-14(21)4-6-15/h3-9H,10-11H2,1-2H3,(H,22,25)(H,24,26)/b23-13+. The number of rotatable bonds is 7. The Hall–Kier alpha value is -1.94. The molecule has 0 unspecified atom stereocenters. The molecular weight excluding hydrogens is 525 g/mol. The second-order valence-corrected chi connectivity index (χ2v) is 7.91. The van der Waals surface area contributed by atoms with Crippen molar-refractivity contribution in [1.82, 2.24) is 5.43 Å². The van der Waals surface area contributed by atoms with E-state index in [1.165, 1.54) is 0 Å². The summed E-state index contributed by atoms with van der Waals surface area (Å²) in [6, 6.07) is 12.9. The molecule has 0 bridgehead atoms. The normalized spacial score (nSPS) is 11.0. The smallest absolute Gasteiger partial charge is 0.277 e. The van der Waals surface area contributed by atoms with Gasteiger partial charge in [-0.1, -0.05) is 15.9 Å². The fraction of sp³-hybridized carbons (Fsp3) is 0.211. The minimum Gasteiger partial charge on any atom is -0.484 e. The van der Waals surface area contributed by atoms with Crippen LogP contribution in [0.5, 0.6) is 5.75 Å². The highest BCUT2D eigenvalue weighted by Crippen LogP contribution is 2.21. The first-order valence-electron chi connectivity index (χ1n) is 8.10. The summed E-state index contributed by atoms with van der Waals surface area (Å²) in [4.78, 5) is 23.8. The van der Waals surface area contributed by atoms with Crippen molar-refractivity contribution in [2.75, 3.05) is 11.9 Å². The van der Waals surface area contributed by atoms with E-state index in [1.807, 2.05) is 43.3 Å². The monoisotopic (exact) mass is 543 g/mol. The van der Waals surface area contributed by atoms with Crippen molar-refractivity contribution in [1.29, 1.82) is 0 Å². The van der Waals surface area contributed by atoms with E-state index in [9.17, 15) is 9.59 Å². The molecule has 0 atom stereocenters. The van der Waals surface area contributed by atoms with Crippen LogP contribution in [0.2, 0.25) is 0 Å². The van der Waals surface area contributed by atoms with E-state index in [1.54, 1.807) is 13.0 Å². The topological polar surface area (TPSA) is 79.8 Å². The first-order valence-corrected chi connectivity index (χ1v) is 9.97. The van der Waals surface area contributed by atoms with E-state index < -0.39 is 5.91 Å². The van der Waals surface area contributed by atoms with E-state index in [0.717, 1.165) is 19.3 Å². The molecule has 0 radical (unpaired) electrons. The highest BCUT2D eigenvalue weighted by Gasteiger charge is 2.07. The van der Waals surface area contributed by atoms with E-state index in [0.29, 0.717) is 11.5 Å². The fourth-order valence-electron chi connectivity index (χ4n) is 2.06. The third kappa shape index (κ3) is 7.67. The zero-order valence-corrected chi connectivity index (χ0v) is 18.6. The first-order chi connectivity index (χ1) is 12.8. The molecule has 0 heterocycles. The summed E-state index contributed by atoms with van der Waals surface area (Å²) in [6.07, 6.45) is 0.0824. The minimum atomic E-state index is -0.395. The van der Waals surface area contributed by atoms with E-state index in [2.05, 4.69) is 54.4 Å². The molecule has 2 N–H and O–H groups in total. The fourth-order valence-corrected chi connectivity index (χ4v) is 2.66. The lowest BCUT2D eigenvalue weighted by molar-refractivity contribution is -0.123. The SMILES string of the molecule is C/C(CC(=O)Nc1ccc(I)cc1)=N\NC(=O)COc1ccc(Br)c(C)c1. The molecular formula is C19H19BrIN3O3. The van der Waals surface area contributed by atoms with Crippen LogP contribution in [-0.2, 0) is 9.59 Å². The van der Waals surface area contributed by atoms with E-state index in [4.69, 9.17) is 4.74 Å². The van der Waals surface area contributed by atoms with Crippen LogP contribution >= 0.6 is 38.5 Å². The van der Waals surface area contributed by atoms with E-state index in [-0.39, 0.29) is 18.9 Å². The molecule has 0 aliphatic heterocycles. The molecule has 0 aromatic heterocycles. The summed E-state index contributed by atoms with van der Waals surface area (Å²) in [6.45, 7) is 3.45. The number of nitrogens with zero attached hydrogens (tertiary/aromatic N) is 1. The Balaban J connectivity index is 1.76. The summed E-state index contributed by atoms with van der Waals surface area (Å²) < 4.78 is 7.49. The van der Waals surface area contributed by atoms with Crippen molar-refractivity contribution in [3.05, 3.63) is 56.1 Å². The summed E-state index contributed by atoms with van der Waals surface area (Å²) in [7, 11) is 0. The predicted molar refractivity (Wildman–Crippen MR) is 118 cm³/mol. The van der Waals surface area contributed by atoms with Gasteiger partial charge in [-0.05, 0) is 84.5 Å². The van der Waals surface area contributed by atoms with Gasteiger partial charge in [0.25, 0.3) is 5.91 Å². The van der Waals surface area contributed by atoms with Gasteiger partial charge < -0.3 is 10.1 Å². The number of hydrazone groups is 1. The summed E-state index contributed by atoms with van der Waals surface area (Å²) in [5, 5.41) is 6.71. The van der Waals surface area contributed by atoms with Crippen molar-refractivity contribution < 1.29 is 14.3 Å². The van der Waals surface area contributed by atoms with E-state index >= 15 is 0 Å². The number of hydrogen-bond donors (Lipinski definition) is 2. The van der Waals surface area contributed by atoms with Gasteiger partial charge >= 0.3 is 0 Å². The molecule has 6 nitrogen and oxygen atoms in total. The average Bonchev–Trinajstić information content (AvgIpc) is 2.63. The molecule has 0 saturated carbocycles. The van der Waals surface area contributed by atoms with Crippen molar-refractivity contribution in [3.63, 3.8) is 0 Å². The van der Waals surface area contributed by atoms with Crippen LogP contribution in [0, 0.1) is 10.5 Å². The summed E-state index contributed by atoms with van der Waals surface area (Å²) >= 11 is 5.60. The Morgan fingerprint density at radius 2 is 1.85 bits per heavy atom. The minimum absolute atomic E-state index is 0.0824. The first kappa shape index (κ1) is 21.4. The van der Waals surface area contributed by atoms with Gasteiger partial charge in [0.15, 0.2) is 6.61 Å². The van der Waals surface area contributed by atoms with Crippen molar-refractivity contribution in [2.24, 2.45) is 5.10 Å². The largest absolute Gasteiger partial charge is 0.484 e. The Morgan fingerprint density at radius 1 is 1.15 bits per heavy atom. The lowest BCUT2D eigenvalue weighted by Gasteiger charge is -2.08. The van der Waals surface area contributed by atoms with Gasteiger partial charge in [-0.2, -0.15) is 5.10 Å². The number of carbonyl (C=O) groups is 2. The molecule has 0 aliphatic carbocycles. The number of halogens is 2. The summed E-state index contributed by atoms with van der Waals surface area (Å²) in [5.74, 6) is 0.00436. The molecule has 2 rings (SSSR count). The number of carbonyl (C=O) groups excluding carboxylic acids is 2. The van der Waals surface area contributed by atoms with Crippen molar-refractivity contribution in [2.45, 2.75) is 20.3 Å². The highest BCUT2D eigenvalue weighted by molar-refractivity contribution is 14.1. The Labute approximate surface area is 180 Å². The van der Waals surface area contributed by atoms with Crippen LogP contribution in [0.25, 0.3) is 0 Å². The molecule has 0 saturated heterocycles. The van der Waals surface area contributed by atoms with Crippen LogP contribution in [0.1, 0.15) is 18.9 Å². The third-order valence-corrected chi connectivity index (χ3v) is 5.02. The predicted octanol–water partition coefficient (Wildman–Crippen LogP) is 4.26. The third-order valence-electron chi connectivity index (χ3n) is 3.42. The van der Waals surface area contributed by atoms with Crippen molar-refractivity contribution in [3.8, 4) is 5.75 Å². The molecule has 2 aromatic rings. The molecule has 27 heavy (non-hydrogen) atoms. The number of aryl methyl sites for hydroxylation is 1. The van der Waals surface area contributed by atoms with Gasteiger partial charge in [0.05, 0.1) is 6.42 Å². The molecule has 0 fully saturated rings. The zero-order chi connectivity index (χ0) is 19.8. The van der Waals surface area contributed by atoms with Crippen LogP contribution < -0.4 is 15.5 Å². The molecule has 2 aromatic carbocycles. The van der Waals surface area contributed by atoms with Crippen LogP contribution in [0.4, 0.5) is 5.69 Å². The van der Waals surface area contributed by atoms with Gasteiger partial charge in [0, 0.05) is 19.4 Å². The lowest BCUT2D eigenvalue weighted by Crippen LogP contribution is -2.26. The lowest BCUT2D eigenvalue weighted by atomic mass is 10.2. The maximum atomic E-state index is 12.0. The Morgan fingerprint density at radius 3 is 2.52 bits per heavy atom. The molecule has 0 aliphatic rings. The zero-order valence-electron chi connectivity index (χ0n) is 14.9. The van der Waals surface area contributed by atoms with Gasteiger partial charge in [-0.3, -0.25) is 9.59 Å². The quantitative estimate of drug-likeness (QED) is 0.311. The number of nitrogens with one attached hydrogen (secondary N) is 2. The maximum Gasteiger partial charge on any atom is 0.277 e. The number of benzene rings is 2. The van der Waals surface area contributed by atoms with Crippen LogP contribution in [0.3, 0.4) is 0 Å². The van der Waals surface area contributed by atoms with Crippen LogP contribution in [0.15, 0.2) is 52.0 Å². The maximum absolute atomic E-state index is 12.0. The number of hydrogen-bond acceptors (Lipinski definition) is 4. The van der Waals surface area contributed by atoms with Gasteiger partial charge in [-0.15, -0.1) is 0 Å². The van der Waals surface area contributed by atoms with Gasteiger partial charge in [0.1, 0.15) is 5.75 Å². The summed E-state index contributed by atoms with van der Waals surface area (Å²) in [5.41, 5.74) is 4.61. The number of amides is 2. The van der Waals surface area contributed by atoms with Crippen molar-refractivity contribution >= 4 is 61.7 Å². The van der Waals surface area contributed by atoms with Crippen LogP contribution in [-0.4, -0.2) is 24.1 Å². The Kier molecular flexibility index (Phi) is 8.23. The molecule has 2 amide bonds. The van der Waals surface area contributed by atoms with Gasteiger partial charge in [-0.25, -0.2) is 5.43 Å². The highest BCUT2D eigenvalue weighted by atomic mass is 127. The number of anilines is 1.